The normalized spacial score (nSPS) is 12.1. The SMILES string of the molecule is CC(Cn1ccnc1)NC(=O)c1cccn1CC(=O)O. The topological polar surface area (TPSA) is 89.2 Å². The van der Waals surface area contributed by atoms with Crippen LogP contribution in [-0.4, -0.2) is 37.1 Å². The summed E-state index contributed by atoms with van der Waals surface area (Å²) in [5.41, 5.74) is 0.338. The molecule has 1 unspecified atom stereocenters. The lowest BCUT2D eigenvalue weighted by Crippen LogP contribution is -2.36. The van der Waals surface area contributed by atoms with Gasteiger partial charge in [0.25, 0.3) is 5.91 Å². The summed E-state index contributed by atoms with van der Waals surface area (Å²) in [4.78, 5) is 26.7. The first-order valence-corrected chi connectivity index (χ1v) is 6.20. The largest absolute Gasteiger partial charge is 0.480 e. The molecule has 0 spiro atoms. The summed E-state index contributed by atoms with van der Waals surface area (Å²) >= 11 is 0. The van der Waals surface area contributed by atoms with Gasteiger partial charge in [0.05, 0.1) is 6.33 Å². The molecule has 1 atom stereocenters. The zero-order valence-corrected chi connectivity index (χ0v) is 11.1. The maximum atomic E-state index is 12.1. The van der Waals surface area contributed by atoms with Crippen LogP contribution in [0.1, 0.15) is 17.4 Å². The van der Waals surface area contributed by atoms with Gasteiger partial charge in [-0.15, -0.1) is 0 Å². The number of amides is 1. The average molecular weight is 276 g/mol. The number of carbonyl (C=O) groups excluding carboxylic acids is 1. The summed E-state index contributed by atoms with van der Waals surface area (Å²) in [5.74, 6) is -1.27. The second-order valence-corrected chi connectivity index (χ2v) is 4.55. The van der Waals surface area contributed by atoms with Crippen LogP contribution in [0.25, 0.3) is 0 Å². The Bertz CT molecular complexity index is 589. The van der Waals surface area contributed by atoms with Crippen molar-refractivity contribution in [2.45, 2.75) is 26.1 Å². The fourth-order valence-corrected chi connectivity index (χ4v) is 1.96. The van der Waals surface area contributed by atoms with E-state index in [1.165, 1.54) is 4.57 Å². The van der Waals surface area contributed by atoms with E-state index in [1.54, 1.807) is 30.9 Å². The van der Waals surface area contributed by atoms with E-state index in [0.717, 1.165) is 0 Å². The number of carbonyl (C=O) groups is 2. The monoisotopic (exact) mass is 276 g/mol. The Balaban J connectivity index is 1.97. The fraction of sp³-hybridized carbons (Fsp3) is 0.308. The number of nitrogens with one attached hydrogen (secondary N) is 1. The van der Waals surface area contributed by atoms with Gasteiger partial charge in [-0.3, -0.25) is 9.59 Å². The third kappa shape index (κ3) is 3.47. The van der Waals surface area contributed by atoms with Crippen molar-refractivity contribution in [1.29, 1.82) is 0 Å². The van der Waals surface area contributed by atoms with Gasteiger partial charge < -0.3 is 19.6 Å². The van der Waals surface area contributed by atoms with Crippen molar-refractivity contribution < 1.29 is 14.7 Å². The Kier molecular flexibility index (Phi) is 4.19. The maximum absolute atomic E-state index is 12.1. The first kappa shape index (κ1) is 13.9. The quantitative estimate of drug-likeness (QED) is 0.808. The zero-order valence-electron chi connectivity index (χ0n) is 11.1. The van der Waals surface area contributed by atoms with E-state index in [1.807, 2.05) is 17.7 Å². The van der Waals surface area contributed by atoms with Gasteiger partial charge in [0.2, 0.25) is 0 Å². The van der Waals surface area contributed by atoms with Crippen LogP contribution in [0.5, 0.6) is 0 Å². The van der Waals surface area contributed by atoms with E-state index in [9.17, 15) is 9.59 Å². The molecule has 2 aromatic heterocycles. The van der Waals surface area contributed by atoms with E-state index >= 15 is 0 Å². The van der Waals surface area contributed by atoms with E-state index in [-0.39, 0.29) is 18.5 Å². The van der Waals surface area contributed by atoms with Gasteiger partial charge in [-0.1, -0.05) is 0 Å². The highest BCUT2D eigenvalue weighted by atomic mass is 16.4. The molecular formula is C13H16N4O3. The number of aliphatic carboxylic acids is 1. The Labute approximate surface area is 115 Å². The average Bonchev–Trinajstić information content (AvgIpc) is 2.99. The molecule has 0 saturated carbocycles. The molecule has 2 heterocycles. The molecule has 0 fully saturated rings. The van der Waals surface area contributed by atoms with E-state index < -0.39 is 5.97 Å². The van der Waals surface area contributed by atoms with Gasteiger partial charge >= 0.3 is 5.97 Å². The van der Waals surface area contributed by atoms with Gasteiger partial charge in [0.1, 0.15) is 12.2 Å². The first-order chi connectivity index (χ1) is 9.56. The number of rotatable bonds is 6. The van der Waals surface area contributed by atoms with Crippen LogP contribution in [0.3, 0.4) is 0 Å². The highest BCUT2D eigenvalue weighted by Gasteiger charge is 2.15. The number of carboxylic acid groups (broad SMARTS) is 1. The van der Waals surface area contributed by atoms with Gasteiger partial charge in [0, 0.05) is 31.2 Å². The summed E-state index contributed by atoms with van der Waals surface area (Å²) in [6.45, 7) is 2.25. The Morgan fingerprint density at radius 3 is 2.90 bits per heavy atom. The summed E-state index contributed by atoms with van der Waals surface area (Å²) in [5, 5.41) is 11.6. The van der Waals surface area contributed by atoms with Crippen LogP contribution in [0.2, 0.25) is 0 Å². The summed E-state index contributed by atoms with van der Waals surface area (Å²) in [6.07, 6.45) is 6.74. The molecule has 0 aliphatic rings. The molecule has 1 amide bonds. The van der Waals surface area contributed by atoms with E-state index in [2.05, 4.69) is 10.3 Å². The van der Waals surface area contributed by atoms with Crippen molar-refractivity contribution in [3.05, 3.63) is 42.7 Å². The number of aromatic nitrogens is 3. The summed E-state index contributed by atoms with van der Waals surface area (Å²) < 4.78 is 3.27. The molecule has 0 aromatic carbocycles. The van der Waals surface area contributed by atoms with E-state index in [0.29, 0.717) is 12.2 Å². The van der Waals surface area contributed by atoms with Crippen LogP contribution in [0.15, 0.2) is 37.1 Å². The molecule has 0 saturated heterocycles. The second kappa shape index (κ2) is 6.05. The van der Waals surface area contributed by atoms with Crippen molar-refractivity contribution in [3.63, 3.8) is 0 Å². The standard InChI is InChI=1S/C13H16N4O3/c1-10(7-16-6-4-14-9-16)15-13(20)11-3-2-5-17(11)8-12(18)19/h2-6,9-10H,7-8H2,1H3,(H,15,20)(H,18,19). The maximum Gasteiger partial charge on any atom is 0.323 e. The molecule has 0 radical (unpaired) electrons. The van der Waals surface area contributed by atoms with Crippen molar-refractivity contribution in [3.8, 4) is 0 Å². The number of hydrogen-bond donors (Lipinski definition) is 2. The third-order valence-electron chi connectivity index (χ3n) is 2.79. The Morgan fingerprint density at radius 1 is 1.45 bits per heavy atom. The zero-order chi connectivity index (χ0) is 14.5. The molecule has 20 heavy (non-hydrogen) atoms. The minimum absolute atomic E-state index is 0.0927. The number of hydrogen-bond acceptors (Lipinski definition) is 3. The molecule has 0 aliphatic heterocycles. The van der Waals surface area contributed by atoms with Crippen LogP contribution in [0, 0.1) is 0 Å². The lowest BCUT2D eigenvalue weighted by molar-refractivity contribution is -0.137. The Hall–Kier alpha value is -2.57. The van der Waals surface area contributed by atoms with Crippen LogP contribution in [-0.2, 0) is 17.9 Å². The molecule has 0 bridgehead atoms. The van der Waals surface area contributed by atoms with Crippen molar-refractivity contribution in [1.82, 2.24) is 19.4 Å². The van der Waals surface area contributed by atoms with Crippen LogP contribution >= 0.6 is 0 Å². The highest BCUT2D eigenvalue weighted by molar-refractivity contribution is 5.93. The molecule has 7 nitrogen and oxygen atoms in total. The van der Waals surface area contributed by atoms with E-state index in [4.69, 9.17) is 5.11 Å². The van der Waals surface area contributed by atoms with Crippen molar-refractivity contribution in [2.75, 3.05) is 0 Å². The highest BCUT2D eigenvalue weighted by Crippen LogP contribution is 2.03. The third-order valence-corrected chi connectivity index (χ3v) is 2.79. The molecule has 2 rings (SSSR count). The van der Waals surface area contributed by atoms with Crippen molar-refractivity contribution in [2.24, 2.45) is 0 Å². The first-order valence-electron chi connectivity index (χ1n) is 6.20. The Morgan fingerprint density at radius 2 is 2.25 bits per heavy atom. The predicted molar refractivity (Wildman–Crippen MR) is 71.2 cm³/mol. The van der Waals surface area contributed by atoms with Gasteiger partial charge in [0.15, 0.2) is 0 Å². The number of nitrogens with zero attached hydrogens (tertiary/aromatic N) is 3. The minimum Gasteiger partial charge on any atom is -0.480 e. The molecule has 0 aliphatic carbocycles. The van der Waals surface area contributed by atoms with Crippen LogP contribution < -0.4 is 5.32 Å². The predicted octanol–water partition coefficient (Wildman–Crippen LogP) is 0.588. The lowest BCUT2D eigenvalue weighted by atomic mass is 10.3. The number of carboxylic acids is 1. The van der Waals surface area contributed by atoms with Crippen molar-refractivity contribution >= 4 is 11.9 Å². The summed E-state index contributed by atoms with van der Waals surface area (Å²) in [7, 11) is 0. The smallest absolute Gasteiger partial charge is 0.323 e. The molecule has 2 aromatic rings. The lowest BCUT2D eigenvalue weighted by Gasteiger charge is -2.15. The second-order valence-electron chi connectivity index (χ2n) is 4.55. The van der Waals surface area contributed by atoms with Gasteiger partial charge in [-0.05, 0) is 19.1 Å². The van der Waals surface area contributed by atoms with Crippen LogP contribution in [0.4, 0.5) is 0 Å². The minimum atomic E-state index is -0.985. The summed E-state index contributed by atoms with van der Waals surface area (Å²) in [6, 6.07) is 3.16. The molecule has 106 valence electrons. The molecular weight excluding hydrogens is 260 g/mol. The molecule has 2 N–H and O–H groups in total. The van der Waals surface area contributed by atoms with Gasteiger partial charge in [-0.2, -0.15) is 0 Å². The van der Waals surface area contributed by atoms with Gasteiger partial charge in [-0.25, -0.2) is 4.98 Å². The fourth-order valence-electron chi connectivity index (χ4n) is 1.96. The molecule has 7 heteroatoms. The number of imidazole rings is 1.